The molecule has 0 aliphatic rings. The van der Waals surface area contributed by atoms with Crippen molar-refractivity contribution in [1.29, 1.82) is 0 Å². The van der Waals surface area contributed by atoms with Crippen molar-refractivity contribution in [2.24, 2.45) is 0 Å². The molecule has 0 atom stereocenters. The summed E-state index contributed by atoms with van der Waals surface area (Å²) in [4.78, 5) is 0. The molecular formula is C19H21NO. The zero-order valence-corrected chi connectivity index (χ0v) is 12.4. The van der Waals surface area contributed by atoms with Crippen LogP contribution in [0.4, 0.5) is 0 Å². The maximum atomic E-state index is 5.54. The molecule has 2 nitrogen and oxygen atoms in total. The lowest BCUT2D eigenvalue weighted by molar-refractivity contribution is 0.365. The molecular weight excluding hydrogens is 258 g/mol. The quantitative estimate of drug-likeness (QED) is 0.620. The summed E-state index contributed by atoms with van der Waals surface area (Å²) in [5, 5.41) is 3.46. The van der Waals surface area contributed by atoms with Gasteiger partial charge < -0.3 is 10.1 Å². The highest BCUT2D eigenvalue weighted by Crippen LogP contribution is 2.17. The number of para-hydroxylation sites is 1. The standard InChI is InChI=1S/C19H21NO/c1-3-14-21-19-11-7-6-10-18(19)15-20-13-12-17-9-5-4-8-16(17)2/h1,4-11,20H,12-15H2,2H3. The third-order valence-electron chi connectivity index (χ3n) is 3.43. The van der Waals surface area contributed by atoms with Gasteiger partial charge in [0.2, 0.25) is 0 Å². The third-order valence-corrected chi connectivity index (χ3v) is 3.43. The first-order valence-corrected chi connectivity index (χ1v) is 7.20. The Balaban J connectivity index is 1.84. The van der Waals surface area contributed by atoms with Gasteiger partial charge in [-0.3, -0.25) is 0 Å². The Morgan fingerprint density at radius 3 is 2.52 bits per heavy atom. The molecule has 21 heavy (non-hydrogen) atoms. The fraction of sp³-hybridized carbons (Fsp3) is 0.263. The van der Waals surface area contributed by atoms with Crippen LogP contribution < -0.4 is 10.1 Å². The van der Waals surface area contributed by atoms with Crippen LogP contribution in [0.5, 0.6) is 5.75 Å². The zero-order valence-electron chi connectivity index (χ0n) is 12.4. The molecule has 2 heteroatoms. The lowest BCUT2D eigenvalue weighted by Gasteiger charge is -2.11. The molecule has 0 unspecified atom stereocenters. The monoisotopic (exact) mass is 279 g/mol. The molecule has 0 bridgehead atoms. The highest BCUT2D eigenvalue weighted by Gasteiger charge is 2.02. The van der Waals surface area contributed by atoms with E-state index >= 15 is 0 Å². The number of benzene rings is 2. The van der Waals surface area contributed by atoms with Crippen molar-refractivity contribution < 1.29 is 4.74 Å². The fourth-order valence-corrected chi connectivity index (χ4v) is 2.25. The van der Waals surface area contributed by atoms with Gasteiger partial charge in [0.15, 0.2) is 0 Å². The SMILES string of the molecule is C#CCOc1ccccc1CNCCc1ccccc1C. The average Bonchev–Trinajstić information content (AvgIpc) is 2.52. The minimum absolute atomic E-state index is 0.306. The molecule has 0 aliphatic carbocycles. The molecule has 0 saturated heterocycles. The summed E-state index contributed by atoms with van der Waals surface area (Å²) in [5.74, 6) is 3.36. The molecule has 0 heterocycles. The number of terminal acetylenes is 1. The fourth-order valence-electron chi connectivity index (χ4n) is 2.25. The van der Waals surface area contributed by atoms with E-state index in [0.29, 0.717) is 6.61 Å². The van der Waals surface area contributed by atoms with Gasteiger partial charge >= 0.3 is 0 Å². The number of aryl methyl sites for hydroxylation is 1. The summed E-state index contributed by atoms with van der Waals surface area (Å²) in [6.07, 6.45) is 6.26. The highest BCUT2D eigenvalue weighted by molar-refractivity contribution is 5.33. The van der Waals surface area contributed by atoms with Crippen molar-refractivity contribution in [2.45, 2.75) is 19.9 Å². The molecule has 0 radical (unpaired) electrons. The van der Waals surface area contributed by atoms with E-state index in [1.54, 1.807) is 0 Å². The van der Waals surface area contributed by atoms with Crippen LogP contribution in [0, 0.1) is 19.3 Å². The Morgan fingerprint density at radius 1 is 1.05 bits per heavy atom. The molecule has 0 amide bonds. The van der Waals surface area contributed by atoms with Gasteiger partial charge in [0.05, 0.1) is 0 Å². The predicted octanol–water partition coefficient (Wildman–Crippen LogP) is 3.34. The number of hydrogen-bond acceptors (Lipinski definition) is 2. The van der Waals surface area contributed by atoms with Crippen molar-refractivity contribution in [3.05, 3.63) is 65.2 Å². The van der Waals surface area contributed by atoms with E-state index in [2.05, 4.69) is 48.5 Å². The Morgan fingerprint density at radius 2 is 1.76 bits per heavy atom. The van der Waals surface area contributed by atoms with Crippen molar-refractivity contribution in [2.75, 3.05) is 13.2 Å². The number of nitrogens with one attached hydrogen (secondary N) is 1. The second-order valence-corrected chi connectivity index (χ2v) is 4.95. The molecule has 0 saturated carbocycles. The topological polar surface area (TPSA) is 21.3 Å². The van der Waals surface area contributed by atoms with Crippen molar-refractivity contribution in [1.82, 2.24) is 5.32 Å². The van der Waals surface area contributed by atoms with Crippen LogP contribution in [0.3, 0.4) is 0 Å². The summed E-state index contributed by atoms with van der Waals surface area (Å²) >= 11 is 0. The van der Waals surface area contributed by atoms with Crippen LogP contribution in [0.1, 0.15) is 16.7 Å². The minimum Gasteiger partial charge on any atom is -0.481 e. The highest BCUT2D eigenvalue weighted by atomic mass is 16.5. The Hall–Kier alpha value is -2.24. The van der Waals surface area contributed by atoms with Crippen LogP contribution in [-0.4, -0.2) is 13.2 Å². The number of rotatable bonds is 7. The van der Waals surface area contributed by atoms with Gasteiger partial charge in [-0.05, 0) is 37.1 Å². The van der Waals surface area contributed by atoms with Gasteiger partial charge in [-0.15, -0.1) is 6.42 Å². The maximum Gasteiger partial charge on any atom is 0.148 e. The maximum absolute atomic E-state index is 5.54. The van der Waals surface area contributed by atoms with Crippen LogP contribution >= 0.6 is 0 Å². The largest absolute Gasteiger partial charge is 0.481 e. The molecule has 108 valence electrons. The molecule has 0 aromatic heterocycles. The summed E-state index contributed by atoms with van der Waals surface area (Å²) in [6.45, 7) is 4.18. The van der Waals surface area contributed by atoms with Crippen LogP contribution in [0.25, 0.3) is 0 Å². The van der Waals surface area contributed by atoms with E-state index in [0.717, 1.165) is 30.8 Å². The summed E-state index contributed by atoms with van der Waals surface area (Å²) < 4.78 is 5.54. The zero-order chi connectivity index (χ0) is 14.9. The van der Waals surface area contributed by atoms with Gasteiger partial charge in [-0.2, -0.15) is 0 Å². The molecule has 2 aromatic rings. The molecule has 2 aromatic carbocycles. The Bertz CT molecular complexity index is 613. The normalized spacial score (nSPS) is 10.1. The lowest BCUT2D eigenvalue weighted by Crippen LogP contribution is -2.17. The first kappa shape index (κ1) is 15.2. The van der Waals surface area contributed by atoms with E-state index in [9.17, 15) is 0 Å². The summed E-state index contributed by atoms with van der Waals surface area (Å²) in [7, 11) is 0. The van der Waals surface area contributed by atoms with Crippen molar-refractivity contribution >= 4 is 0 Å². The van der Waals surface area contributed by atoms with Gasteiger partial charge in [0.1, 0.15) is 12.4 Å². The van der Waals surface area contributed by atoms with E-state index < -0.39 is 0 Å². The van der Waals surface area contributed by atoms with Gasteiger partial charge in [0.25, 0.3) is 0 Å². The molecule has 0 fully saturated rings. The first-order chi connectivity index (χ1) is 10.3. The van der Waals surface area contributed by atoms with Crippen molar-refractivity contribution in [3.8, 4) is 18.1 Å². The lowest BCUT2D eigenvalue weighted by atomic mass is 10.1. The predicted molar refractivity (Wildman–Crippen MR) is 87.4 cm³/mol. The molecule has 0 spiro atoms. The van der Waals surface area contributed by atoms with Crippen LogP contribution in [0.15, 0.2) is 48.5 Å². The van der Waals surface area contributed by atoms with Crippen molar-refractivity contribution in [3.63, 3.8) is 0 Å². The van der Waals surface area contributed by atoms with E-state index in [1.807, 2.05) is 18.2 Å². The smallest absolute Gasteiger partial charge is 0.148 e. The van der Waals surface area contributed by atoms with Crippen LogP contribution in [-0.2, 0) is 13.0 Å². The number of hydrogen-bond donors (Lipinski definition) is 1. The minimum atomic E-state index is 0.306. The number of ether oxygens (including phenoxy) is 1. The van der Waals surface area contributed by atoms with E-state index in [4.69, 9.17) is 11.2 Å². The van der Waals surface area contributed by atoms with E-state index in [-0.39, 0.29) is 0 Å². The third kappa shape index (κ3) is 4.66. The van der Waals surface area contributed by atoms with Crippen LogP contribution in [0.2, 0.25) is 0 Å². The summed E-state index contributed by atoms with van der Waals surface area (Å²) in [5.41, 5.74) is 3.87. The summed E-state index contributed by atoms with van der Waals surface area (Å²) in [6, 6.07) is 16.5. The van der Waals surface area contributed by atoms with E-state index in [1.165, 1.54) is 11.1 Å². The molecule has 1 N–H and O–H groups in total. The second kappa shape index (κ2) is 8.14. The Labute approximate surface area is 127 Å². The van der Waals surface area contributed by atoms with Gasteiger partial charge in [0, 0.05) is 12.1 Å². The average molecular weight is 279 g/mol. The second-order valence-electron chi connectivity index (χ2n) is 4.95. The Kier molecular flexibility index (Phi) is 5.87. The molecule has 0 aliphatic heterocycles. The van der Waals surface area contributed by atoms with Gasteiger partial charge in [-0.1, -0.05) is 48.4 Å². The molecule has 2 rings (SSSR count). The first-order valence-electron chi connectivity index (χ1n) is 7.20. The van der Waals surface area contributed by atoms with Gasteiger partial charge in [-0.25, -0.2) is 0 Å².